The van der Waals surface area contributed by atoms with Gasteiger partial charge >= 0.3 is 13.8 Å². The molecule has 0 aromatic carbocycles. The van der Waals surface area contributed by atoms with Crippen LogP contribution in [0.4, 0.5) is 0 Å². The summed E-state index contributed by atoms with van der Waals surface area (Å²) in [5, 5.41) is 0. The van der Waals surface area contributed by atoms with Gasteiger partial charge in [-0.1, -0.05) is 26.7 Å². The predicted octanol–water partition coefficient (Wildman–Crippen LogP) is 4.72. The molecule has 1 aliphatic rings. The van der Waals surface area contributed by atoms with Gasteiger partial charge in [0.2, 0.25) is 0 Å². The molecule has 0 radical (unpaired) electrons. The molecular weight excluding hydrogens is 331 g/mol. The monoisotopic (exact) mass is 364 g/mol. The fourth-order valence-electron chi connectivity index (χ4n) is 2.68. The van der Waals surface area contributed by atoms with Crippen molar-refractivity contribution in [2.24, 2.45) is 11.8 Å². The third-order valence-corrected chi connectivity index (χ3v) is 5.81. The van der Waals surface area contributed by atoms with E-state index in [1.807, 2.05) is 13.8 Å². The third-order valence-electron chi connectivity index (χ3n) is 4.34. The number of phosphoric ester groups is 1. The number of hydrogen-bond donors (Lipinski definition) is 0. The molecule has 1 saturated carbocycles. The fraction of sp³-hybridized carbons (Fsp3) is 0.941. The normalized spacial score (nSPS) is 21.6. The molecule has 0 bridgehead atoms. The summed E-state index contributed by atoms with van der Waals surface area (Å²) in [6, 6.07) is 0. The van der Waals surface area contributed by atoms with Gasteiger partial charge < -0.3 is 4.74 Å². The minimum atomic E-state index is -3.48. The van der Waals surface area contributed by atoms with Gasteiger partial charge in [-0.05, 0) is 44.4 Å². The Labute approximate surface area is 146 Å². The molecule has 1 rings (SSSR count). The summed E-state index contributed by atoms with van der Waals surface area (Å²) in [5.41, 5.74) is 0. The zero-order valence-corrected chi connectivity index (χ0v) is 16.2. The van der Waals surface area contributed by atoms with Gasteiger partial charge in [-0.25, -0.2) is 4.57 Å². The zero-order chi connectivity index (χ0) is 17.8. The van der Waals surface area contributed by atoms with Crippen molar-refractivity contribution < 1.29 is 27.7 Å². The number of hydrogen-bond acceptors (Lipinski definition) is 6. The Hall–Kier alpha value is -0.420. The summed E-state index contributed by atoms with van der Waals surface area (Å²) in [6.07, 6.45) is 6.90. The zero-order valence-electron chi connectivity index (χ0n) is 15.3. The second-order valence-electron chi connectivity index (χ2n) is 6.36. The summed E-state index contributed by atoms with van der Waals surface area (Å²) in [7, 11) is -2.05. The van der Waals surface area contributed by atoms with Crippen molar-refractivity contribution in [2.75, 3.05) is 26.9 Å². The standard InChI is InChI=1S/C17H33O6P/c1-4-6-12-21-24(19,22-13-7-5-2)23-14-15-8-10-16(11-9-15)17(18)20-3/h15-16H,4-14H2,1-3H3. The smallest absolute Gasteiger partial charge is 0.469 e. The van der Waals surface area contributed by atoms with Gasteiger partial charge in [0, 0.05) is 0 Å². The van der Waals surface area contributed by atoms with E-state index in [0.717, 1.165) is 51.4 Å². The molecular formula is C17H33O6P. The van der Waals surface area contributed by atoms with E-state index < -0.39 is 7.82 Å². The molecule has 6 nitrogen and oxygen atoms in total. The molecule has 7 heteroatoms. The van der Waals surface area contributed by atoms with Crippen molar-refractivity contribution in [3.8, 4) is 0 Å². The van der Waals surface area contributed by atoms with Crippen LogP contribution in [0.15, 0.2) is 0 Å². The lowest BCUT2D eigenvalue weighted by molar-refractivity contribution is -0.146. The number of carbonyl (C=O) groups excluding carboxylic acids is 1. The van der Waals surface area contributed by atoms with Gasteiger partial charge in [0.25, 0.3) is 0 Å². The van der Waals surface area contributed by atoms with Crippen molar-refractivity contribution >= 4 is 13.8 Å². The third kappa shape index (κ3) is 8.11. The molecule has 1 fully saturated rings. The first kappa shape index (κ1) is 21.6. The first-order chi connectivity index (χ1) is 11.5. The van der Waals surface area contributed by atoms with E-state index in [2.05, 4.69) is 0 Å². The van der Waals surface area contributed by atoms with Gasteiger partial charge in [0.15, 0.2) is 0 Å². The summed E-state index contributed by atoms with van der Waals surface area (Å²) >= 11 is 0. The molecule has 1 aliphatic carbocycles. The molecule has 24 heavy (non-hydrogen) atoms. The Kier molecular flexibility index (Phi) is 10.8. The summed E-state index contributed by atoms with van der Waals surface area (Å²) < 4.78 is 33.9. The molecule has 0 aromatic rings. The average molecular weight is 364 g/mol. The number of methoxy groups -OCH3 is 1. The maximum Gasteiger partial charge on any atom is 0.474 e. The van der Waals surface area contributed by atoms with Gasteiger partial charge in [-0.2, -0.15) is 0 Å². The van der Waals surface area contributed by atoms with E-state index in [9.17, 15) is 9.36 Å². The first-order valence-electron chi connectivity index (χ1n) is 9.16. The summed E-state index contributed by atoms with van der Waals surface area (Å²) in [5.74, 6) is 0.134. The van der Waals surface area contributed by atoms with Crippen LogP contribution in [0, 0.1) is 11.8 Å². The second-order valence-corrected chi connectivity index (χ2v) is 8.03. The van der Waals surface area contributed by atoms with Crippen molar-refractivity contribution in [3.63, 3.8) is 0 Å². The first-order valence-corrected chi connectivity index (χ1v) is 10.6. The van der Waals surface area contributed by atoms with Crippen LogP contribution in [0.1, 0.15) is 65.2 Å². The number of esters is 1. The quantitative estimate of drug-likeness (QED) is 0.283. The Balaban J connectivity index is 2.40. The highest BCUT2D eigenvalue weighted by Crippen LogP contribution is 2.50. The van der Waals surface area contributed by atoms with E-state index in [1.165, 1.54) is 7.11 Å². The van der Waals surface area contributed by atoms with Crippen molar-refractivity contribution in [3.05, 3.63) is 0 Å². The number of unbranched alkanes of at least 4 members (excludes halogenated alkanes) is 2. The van der Waals surface area contributed by atoms with Crippen LogP contribution >= 0.6 is 7.82 Å². The lowest BCUT2D eigenvalue weighted by Gasteiger charge is -2.27. The lowest BCUT2D eigenvalue weighted by Crippen LogP contribution is -2.24. The van der Waals surface area contributed by atoms with Crippen LogP contribution < -0.4 is 0 Å². The number of carbonyl (C=O) groups is 1. The Morgan fingerprint density at radius 3 is 1.96 bits per heavy atom. The Morgan fingerprint density at radius 1 is 0.958 bits per heavy atom. The van der Waals surface area contributed by atoms with E-state index in [-0.39, 0.29) is 17.8 Å². The van der Waals surface area contributed by atoms with E-state index in [4.69, 9.17) is 18.3 Å². The van der Waals surface area contributed by atoms with Crippen molar-refractivity contribution in [2.45, 2.75) is 65.2 Å². The number of rotatable bonds is 12. The van der Waals surface area contributed by atoms with Gasteiger partial charge in [-0.3, -0.25) is 18.4 Å². The number of phosphoric acid groups is 1. The van der Waals surface area contributed by atoms with Crippen LogP contribution in [0.3, 0.4) is 0 Å². The van der Waals surface area contributed by atoms with Gasteiger partial charge in [-0.15, -0.1) is 0 Å². The molecule has 0 spiro atoms. The molecule has 0 atom stereocenters. The molecule has 0 unspecified atom stereocenters. The van der Waals surface area contributed by atoms with Crippen molar-refractivity contribution in [1.29, 1.82) is 0 Å². The van der Waals surface area contributed by atoms with Crippen LogP contribution in [-0.2, 0) is 27.7 Å². The number of ether oxygens (including phenoxy) is 1. The van der Waals surface area contributed by atoms with E-state index >= 15 is 0 Å². The minimum absolute atomic E-state index is 0.0142. The lowest BCUT2D eigenvalue weighted by atomic mass is 9.82. The Morgan fingerprint density at radius 2 is 1.50 bits per heavy atom. The molecule has 0 aromatic heterocycles. The molecule has 0 amide bonds. The molecule has 142 valence electrons. The van der Waals surface area contributed by atoms with E-state index in [0.29, 0.717) is 19.8 Å². The highest BCUT2D eigenvalue weighted by Gasteiger charge is 2.31. The summed E-state index contributed by atoms with van der Waals surface area (Å²) in [4.78, 5) is 11.5. The van der Waals surface area contributed by atoms with E-state index in [1.54, 1.807) is 0 Å². The van der Waals surface area contributed by atoms with Crippen LogP contribution in [0.2, 0.25) is 0 Å². The molecule has 0 aliphatic heterocycles. The summed E-state index contributed by atoms with van der Waals surface area (Å²) in [6.45, 7) is 5.22. The highest BCUT2D eigenvalue weighted by atomic mass is 31.2. The van der Waals surface area contributed by atoms with Crippen molar-refractivity contribution in [1.82, 2.24) is 0 Å². The largest absolute Gasteiger partial charge is 0.474 e. The Bertz CT molecular complexity index is 379. The molecule has 0 saturated heterocycles. The fourth-order valence-corrected chi connectivity index (χ4v) is 4.00. The van der Waals surface area contributed by atoms with Crippen LogP contribution in [0.25, 0.3) is 0 Å². The second kappa shape index (κ2) is 12.0. The highest BCUT2D eigenvalue weighted by molar-refractivity contribution is 7.48. The van der Waals surface area contributed by atoms with Gasteiger partial charge in [0.1, 0.15) is 0 Å². The van der Waals surface area contributed by atoms with Gasteiger partial charge in [0.05, 0.1) is 32.8 Å². The SMILES string of the molecule is CCCCOP(=O)(OCCCC)OCC1CCC(C(=O)OC)CC1. The average Bonchev–Trinajstić information content (AvgIpc) is 2.60. The molecule has 0 N–H and O–H groups in total. The topological polar surface area (TPSA) is 71.1 Å². The minimum Gasteiger partial charge on any atom is -0.469 e. The maximum atomic E-state index is 12.7. The van der Waals surface area contributed by atoms with Crippen LogP contribution in [-0.4, -0.2) is 32.9 Å². The maximum absolute atomic E-state index is 12.7. The molecule has 0 heterocycles. The van der Waals surface area contributed by atoms with Crippen LogP contribution in [0.5, 0.6) is 0 Å². The predicted molar refractivity (Wildman–Crippen MR) is 92.7 cm³/mol.